The molecule has 0 fully saturated rings. The SMILES string of the molecule is CCCCCc1c(C)ncc(C(=O)OC)c1C. The first-order valence-electron chi connectivity index (χ1n) is 6.15. The van der Waals surface area contributed by atoms with Crippen molar-refractivity contribution in [2.45, 2.75) is 46.5 Å². The van der Waals surface area contributed by atoms with Crippen molar-refractivity contribution in [3.05, 3.63) is 28.6 Å². The number of unbranched alkanes of at least 4 members (excludes halogenated alkanes) is 2. The monoisotopic (exact) mass is 235 g/mol. The van der Waals surface area contributed by atoms with E-state index in [4.69, 9.17) is 4.74 Å². The summed E-state index contributed by atoms with van der Waals surface area (Å²) in [6, 6.07) is 0. The van der Waals surface area contributed by atoms with E-state index in [2.05, 4.69) is 11.9 Å². The molecule has 0 spiro atoms. The molecule has 0 aromatic carbocycles. The van der Waals surface area contributed by atoms with Gasteiger partial charge in [0.1, 0.15) is 0 Å². The van der Waals surface area contributed by atoms with E-state index >= 15 is 0 Å². The van der Waals surface area contributed by atoms with Crippen LogP contribution in [0.5, 0.6) is 0 Å². The second-order valence-electron chi connectivity index (χ2n) is 4.31. The molecule has 0 amide bonds. The molecule has 0 saturated carbocycles. The zero-order valence-corrected chi connectivity index (χ0v) is 11.2. The maximum atomic E-state index is 11.6. The third-order valence-corrected chi connectivity index (χ3v) is 3.12. The van der Waals surface area contributed by atoms with Crippen molar-refractivity contribution in [3.63, 3.8) is 0 Å². The summed E-state index contributed by atoms with van der Waals surface area (Å²) in [4.78, 5) is 15.9. The van der Waals surface area contributed by atoms with Crippen LogP contribution in [0.3, 0.4) is 0 Å². The van der Waals surface area contributed by atoms with Crippen LogP contribution in [-0.4, -0.2) is 18.1 Å². The molecule has 17 heavy (non-hydrogen) atoms. The number of aromatic nitrogens is 1. The van der Waals surface area contributed by atoms with Gasteiger partial charge < -0.3 is 4.74 Å². The predicted octanol–water partition coefficient (Wildman–Crippen LogP) is 3.22. The largest absolute Gasteiger partial charge is 0.465 e. The molecule has 0 bridgehead atoms. The molecule has 94 valence electrons. The minimum Gasteiger partial charge on any atom is -0.465 e. The molecule has 0 unspecified atom stereocenters. The molecule has 0 aliphatic carbocycles. The van der Waals surface area contributed by atoms with Gasteiger partial charge in [-0.2, -0.15) is 0 Å². The second kappa shape index (κ2) is 6.38. The summed E-state index contributed by atoms with van der Waals surface area (Å²) in [7, 11) is 1.40. The average Bonchev–Trinajstić information content (AvgIpc) is 2.32. The Balaban J connectivity index is 2.98. The quantitative estimate of drug-likeness (QED) is 0.581. The second-order valence-corrected chi connectivity index (χ2v) is 4.31. The summed E-state index contributed by atoms with van der Waals surface area (Å²) >= 11 is 0. The smallest absolute Gasteiger partial charge is 0.339 e. The van der Waals surface area contributed by atoms with Gasteiger partial charge in [-0.05, 0) is 37.8 Å². The number of aryl methyl sites for hydroxylation is 1. The van der Waals surface area contributed by atoms with Crippen molar-refractivity contribution in [1.82, 2.24) is 4.98 Å². The zero-order valence-electron chi connectivity index (χ0n) is 11.2. The van der Waals surface area contributed by atoms with Gasteiger partial charge in [-0.3, -0.25) is 4.98 Å². The van der Waals surface area contributed by atoms with E-state index in [1.165, 1.54) is 25.5 Å². The van der Waals surface area contributed by atoms with Crippen molar-refractivity contribution in [2.75, 3.05) is 7.11 Å². The first-order chi connectivity index (χ1) is 8.11. The Morgan fingerprint density at radius 1 is 1.35 bits per heavy atom. The summed E-state index contributed by atoms with van der Waals surface area (Å²) in [5.41, 5.74) is 3.82. The van der Waals surface area contributed by atoms with Gasteiger partial charge in [0.15, 0.2) is 0 Å². The van der Waals surface area contributed by atoms with E-state index in [0.29, 0.717) is 5.56 Å². The van der Waals surface area contributed by atoms with E-state index in [0.717, 1.165) is 24.1 Å². The van der Waals surface area contributed by atoms with E-state index < -0.39 is 0 Å². The predicted molar refractivity (Wildman–Crippen MR) is 68.3 cm³/mol. The van der Waals surface area contributed by atoms with Crippen molar-refractivity contribution in [1.29, 1.82) is 0 Å². The maximum absolute atomic E-state index is 11.6. The van der Waals surface area contributed by atoms with Crippen LogP contribution in [0.1, 0.15) is 53.4 Å². The summed E-state index contributed by atoms with van der Waals surface area (Å²) < 4.78 is 4.76. The summed E-state index contributed by atoms with van der Waals surface area (Å²) in [5.74, 6) is -0.299. The Morgan fingerprint density at radius 2 is 2.06 bits per heavy atom. The molecule has 0 N–H and O–H groups in total. The lowest BCUT2D eigenvalue weighted by Gasteiger charge is -2.12. The minimum absolute atomic E-state index is 0.299. The average molecular weight is 235 g/mol. The van der Waals surface area contributed by atoms with Crippen LogP contribution in [0.4, 0.5) is 0 Å². The molecular weight excluding hydrogens is 214 g/mol. The fourth-order valence-corrected chi connectivity index (χ4v) is 2.01. The fourth-order valence-electron chi connectivity index (χ4n) is 2.01. The first-order valence-corrected chi connectivity index (χ1v) is 6.15. The highest BCUT2D eigenvalue weighted by Gasteiger charge is 2.14. The highest BCUT2D eigenvalue weighted by Crippen LogP contribution is 2.19. The molecule has 3 heteroatoms. The van der Waals surface area contributed by atoms with E-state index in [1.807, 2.05) is 13.8 Å². The highest BCUT2D eigenvalue weighted by atomic mass is 16.5. The van der Waals surface area contributed by atoms with Crippen LogP contribution >= 0.6 is 0 Å². The van der Waals surface area contributed by atoms with Gasteiger partial charge in [-0.25, -0.2) is 4.79 Å². The van der Waals surface area contributed by atoms with Gasteiger partial charge in [0, 0.05) is 11.9 Å². The number of hydrogen-bond donors (Lipinski definition) is 0. The number of nitrogens with zero attached hydrogens (tertiary/aromatic N) is 1. The Morgan fingerprint density at radius 3 is 2.65 bits per heavy atom. The standard InChI is InChI=1S/C14H21NO2/c1-5-6-7-8-12-10(2)13(14(16)17-4)9-15-11(12)3/h9H,5-8H2,1-4H3. The highest BCUT2D eigenvalue weighted by molar-refractivity contribution is 5.91. The molecule has 0 saturated heterocycles. The lowest BCUT2D eigenvalue weighted by Crippen LogP contribution is -2.09. The number of methoxy groups -OCH3 is 1. The van der Waals surface area contributed by atoms with Crippen molar-refractivity contribution in [3.8, 4) is 0 Å². The van der Waals surface area contributed by atoms with Crippen LogP contribution in [0.15, 0.2) is 6.20 Å². The Kier molecular flexibility index (Phi) is 5.13. The van der Waals surface area contributed by atoms with E-state index in [1.54, 1.807) is 6.20 Å². The topological polar surface area (TPSA) is 39.2 Å². The van der Waals surface area contributed by atoms with Gasteiger partial charge >= 0.3 is 5.97 Å². The third-order valence-electron chi connectivity index (χ3n) is 3.12. The van der Waals surface area contributed by atoms with E-state index in [9.17, 15) is 4.79 Å². The normalized spacial score (nSPS) is 10.4. The molecule has 1 rings (SSSR count). The number of hydrogen-bond acceptors (Lipinski definition) is 3. The van der Waals surface area contributed by atoms with Crippen LogP contribution in [-0.2, 0) is 11.2 Å². The van der Waals surface area contributed by atoms with Gasteiger partial charge in [0.2, 0.25) is 0 Å². The van der Waals surface area contributed by atoms with Crippen molar-refractivity contribution >= 4 is 5.97 Å². The third kappa shape index (κ3) is 3.29. The van der Waals surface area contributed by atoms with Crippen LogP contribution < -0.4 is 0 Å². The molecular formula is C14H21NO2. The molecule has 0 radical (unpaired) electrons. The molecule has 0 atom stereocenters. The number of ether oxygens (including phenoxy) is 1. The Labute approximate surface area is 103 Å². The number of pyridine rings is 1. The van der Waals surface area contributed by atoms with E-state index in [-0.39, 0.29) is 5.97 Å². The van der Waals surface area contributed by atoms with Gasteiger partial charge in [0.25, 0.3) is 0 Å². The van der Waals surface area contributed by atoms with Gasteiger partial charge in [-0.1, -0.05) is 19.8 Å². The van der Waals surface area contributed by atoms with Gasteiger partial charge in [0.05, 0.1) is 12.7 Å². The van der Waals surface area contributed by atoms with Crippen LogP contribution in [0, 0.1) is 13.8 Å². The summed E-state index contributed by atoms with van der Waals surface area (Å²) in [6.45, 7) is 6.15. The van der Waals surface area contributed by atoms with Gasteiger partial charge in [-0.15, -0.1) is 0 Å². The summed E-state index contributed by atoms with van der Waals surface area (Å²) in [6.07, 6.45) is 6.15. The molecule has 1 aromatic heterocycles. The number of esters is 1. The first kappa shape index (κ1) is 13.7. The molecule has 1 aromatic rings. The number of rotatable bonds is 5. The zero-order chi connectivity index (χ0) is 12.8. The molecule has 0 aliphatic rings. The fraction of sp³-hybridized carbons (Fsp3) is 0.571. The number of carbonyl (C=O) groups excluding carboxylic acids is 1. The van der Waals surface area contributed by atoms with Crippen LogP contribution in [0.25, 0.3) is 0 Å². The van der Waals surface area contributed by atoms with Crippen LogP contribution in [0.2, 0.25) is 0 Å². The minimum atomic E-state index is -0.299. The summed E-state index contributed by atoms with van der Waals surface area (Å²) in [5, 5.41) is 0. The molecule has 1 heterocycles. The lowest BCUT2D eigenvalue weighted by molar-refractivity contribution is 0.0599. The molecule has 0 aliphatic heterocycles. The Bertz CT molecular complexity index is 399. The van der Waals surface area contributed by atoms with Crippen molar-refractivity contribution in [2.24, 2.45) is 0 Å². The maximum Gasteiger partial charge on any atom is 0.339 e. The number of carbonyl (C=O) groups is 1. The molecule has 3 nitrogen and oxygen atoms in total. The van der Waals surface area contributed by atoms with Crippen molar-refractivity contribution < 1.29 is 9.53 Å². The lowest BCUT2D eigenvalue weighted by atomic mass is 9.98. The Hall–Kier alpha value is -1.38.